The second kappa shape index (κ2) is 5.56. The van der Waals surface area contributed by atoms with E-state index >= 15 is 0 Å². The van der Waals surface area contributed by atoms with Gasteiger partial charge >= 0.3 is 0 Å². The van der Waals surface area contributed by atoms with Crippen LogP contribution in [0.4, 0.5) is 11.5 Å². The molecule has 0 aliphatic heterocycles. The van der Waals surface area contributed by atoms with E-state index in [0.717, 1.165) is 22.8 Å². The summed E-state index contributed by atoms with van der Waals surface area (Å²) < 4.78 is 2.18. The summed E-state index contributed by atoms with van der Waals surface area (Å²) in [5.41, 5.74) is 5.77. The van der Waals surface area contributed by atoms with Gasteiger partial charge in [-0.3, -0.25) is 10.3 Å². The third-order valence-corrected chi connectivity index (χ3v) is 4.80. The smallest absolute Gasteiger partial charge is 0.270 e. The van der Waals surface area contributed by atoms with Crippen molar-refractivity contribution < 1.29 is 4.40 Å². The topological polar surface area (TPSA) is 31.9 Å². The molecule has 0 aliphatic rings. The maximum absolute atomic E-state index is 3.58. The van der Waals surface area contributed by atoms with Crippen LogP contribution in [0.1, 0.15) is 11.1 Å². The van der Waals surface area contributed by atoms with Crippen LogP contribution >= 0.6 is 11.3 Å². The Morgan fingerprint density at radius 3 is 2.48 bits per heavy atom. The van der Waals surface area contributed by atoms with Crippen molar-refractivity contribution in [2.75, 3.05) is 5.32 Å². The Labute approximate surface area is 139 Å². The third-order valence-electron chi connectivity index (χ3n) is 3.91. The number of anilines is 2. The molecule has 0 aliphatic carbocycles. The van der Waals surface area contributed by atoms with E-state index in [0.29, 0.717) is 0 Å². The molecule has 1 aromatic carbocycles. The molecule has 3 heterocycles. The van der Waals surface area contributed by atoms with Gasteiger partial charge < -0.3 is 0 Å². The maximum atomic E-state index is 3.58. The predicted molar refractivity (Wildman–Crippen MR) is 96.5 cm³/mol. The number of fused-ring (bicyclic) bond motifs is 1. The van der Waals surface area contributed by atoms with Gasteiger partial charge in [0.1, 0.15) is 0 Å². The van der Waals surface area contributed by atoms with E-state index in [1.165, 1.54) is 16.0 Å². The molecule has 4 rings (SSSR count). The van der Waals surface area contributed by atoms with E-state index in [-0.39, 0.29) is 0 Å². The Kier molecular flexibility index (Phi) is 3.39. The van der Waals surface area contributed by atoms with E-state index in [4.69, 9.17) is 0 Å². The van der Waals surface area contributed by atoms with E-state index < -0.39 is 0 Å². The lowest BCUT2D eigenvalue weighted by atomic mass is 10.2. The molecule has 3 aromatic heterocycles. The number of pyridine rings is 1. The summed E-state index contributed by atoms with van der Waals surface area (Å²) >= 11 is 1.74. The molecule has 0 saturated carbocycles. The van der Waals surface area contributed by atoms with Crippen LogP contribution in [0, 0.1) is 13.8 Å². The van der Waals surface area contributed by atoms with Crippen LogP contribution in [-0.2, 0) is 0 Å². The number of aromatic amines is 1. The number of imidazole rings is 1. The fraction of sp³-hybridized carbons (Fsp3) is 0.105. The van der Waals surface area contributed by atoms with E-state index in [2.05, 4.69) is 88.7 Å². The van der Waals surface area contributed by atoms with Crippen molar-refractivity contribution in [3.8, 4) is 10.6 Å². The molecular formula is C19H18N3S+. The molecule has 4 heteroatoms. The lowest BCUT2D eigenvalue weighted by Gasteiger charge is -2.03. The Hall–Kier alpha value is -2.59. The first kappa shape index (κ1) is 14.0. The molecule has 3 nitrogen and oxygen atoms in total. The van der Waals surface area contributed by atoms with Crippen molar-refractivity contribution in [2.45, 2.75) is 13.8 Å². The van der Waals surface area contributed by atoms with Crippen molar-refractivity contribution in [3.05, 3.63) is 71.2 Å². The van der Waals surface area contributed by atoms with Crippen LogP contribution in [0.3, 0.4) is 0 Å². The second-order valence-corrected chi connectivity index (χ2v) is 6.73. The number of benzene rings is 1. The SMILES string of the molecule is Cc1ccc(Nc2c(-c3cccs3)[nH]c3ccc(C)c[n+]23)cc1. The minimum absolute atomic E-state index is 1.06. The fourth-order valence-electron chi connectivity index (χ4n) is 2.70. The monoisotopic (exact) mass is 320 g/mol. The molecule has 2 N–H and O–H groups in total. The van der Waals surface area contributed by atoms with Gasteiger partial charge in [0.25, 0.3) is 5.82 Å². The first-order valence-electron chi connectivity index (χ1n) is 7.62. The number of rotatable bonds is 3. The minimum atomic E-state index is 1.06. The number of aromatic nitrogens is 2. The first-order valence-corrected chi connectivity index (χ1v) is 8.50. The van der Waals surface area contributed by atoms with Gasteiger partial charge in [0.05, 0.1) is 16.8 Å². The Morgan fingerprint density at radius 1 is 0.957 bits per heavy atom. The largest absolute Gasteiger partial charge is 0.272 e. The molecule has 0 atom stereocenters. The molecule has 114 valence electrons. The van der Waals surface area contributed by atoms with Crippen LogP contribution in [0.15, 0.2) is 60.1 Å². The highest BCUT2D eigenvalue weighted by molar-refractivity contribution is 7.13. The zero-order chi connectivity index (χ0) is 15.8. The Bertz CT molecular complexity index is 950. The van der Waals surface area contributed by atoms with Gasteiger partial charge in [-0.2, -0.15) is 0 Å². The summed E-state index contributed by atoms with van der Waals surface area (Å²) in [6.45, 7) is 4.21. The molecule has 0 spiro atoms. The van der Waals surface area contributed by atoms with Crippen LogP contribution in [0.5, 0.6) is 0 Å². The van der Waals surface area contributed by atoms with Crippen molar-refractivity contribution >= 4 is 28.5 Å². The van der Waals surface area contributed by atoms with Gasteiger partial charge in [0.15, 0.2) is 5.69 Å². The molecular weight excluding hydrogens is 302 g/mol. The van der Waals surface area contributed by atoms with Gasteiger partial charge in [-0.25, -0.2) is 4.40 Å². The van der Waals surface area contributed by atoms with Crippen LogP contribution in [-0.4, -0.2) is 4.98 Å². The lowest BCUT2D eigenvalue weighted by Crippen LogP contribution is -2.23. The molecule has 0 bridgehead atoms. The standard InChI is InChI=1S/C19H17N3S/c1-13-5-8-15(9-6-13)20-19-18(16-4-3-11-23-16)21-17-10-7-14(2)12-22(17)19/h3-12,20H,1-2H3/p+1. The number of hydrogen-bond acceptors (Lipinski definition) is 2. The van der Waals surface area contributed by atoms with Gasteiger partial charge in [-0.05, 0) is 49.1 Å². The zero-order valence-electron chi connectivity index (χ0n) is 13.1. The normalized spacial score (nSPS) is 11.0. The number of H-pyrrole nitrogens is 1. The predicted octanol–water partition coefficient (Wildman–Crippen LogP) is 4.84. The number of nitrogens with one attached hydrogen (secondary N) is 2. The summed E-state index contributed by atoms with van der Waals surface area (Å²) in [5, 5.41) is 5.68. The van der Waals surface area contributed by atoms with E-state index in [9.17, 15) is 0 Å². The average molecular weight is 320 g/mol. The molecule has 23 heavy (non-hydrogen) atoms. The Balaban J connectivity index is 1.89. The molecule has 0 radical (unpaired) electrons. The second-order valence-electron chi connectivity index (χ2n) is 5.78. The van der Waals surface area contributed by atoms with Crippen molar-refractivity contribution in [2.24, 2.45) is 0 Å². The van der Waals surface area contributed by atoms with Crippen LogP contribution in [0.25, 0.3) is 16.2 Å². The number of thiophene rings is 1. The average Bonchev–Trinajstić information content (AvgIpc) is 3.18. The molecule has 0 unspecified atom stereocenters. The first-order chi connectivity index (χ1) is 11.2. The van der Waals surface area contributed by atoms with Gasteiger partial charge in [-0.1, -0.05) is 23.8 Å². The molecule has 0 fully saturated rings. The summed E-state index contributed by atoms with van der Waals surface area (Å²) in [4.78, 5) is 4.76. The van der Waals surface area contributed by atoms with E-state index in [1.807, 2.05) is 0 Å². The van der Waals surface area contributed by atoms with E-state index in [1.54, 1.807) is 11.3 Å². The maximum Gasteiger partial charge on any atom is 0.272 e. The number of nitrogens with zero attached hydrogens (tertiary/aromatic N) is 1. The highest BCUT2D eigenvalue weighted by Crippen LogP contribution is 2.30. The molecule has 4 aromatic rings. The summed E-state index contributed by atoms with van der Waals surface area (Å²) in [6.07, 6.45) is 2.15. The number of hydrogen-bond donors (Lipinski definition) is 2. The summed E-state index contributed by atoms with van der Waals surface area (Å²) in [7, 11) is 0. The molecule has 0 saturated heterocycles. The summed E-state index contributed by atoms with van der Waals surface area (Å²) in [6, 6.07) is 16.9. The van der Waals surface area contributed by atoms with Crippen LogP contribution in [0.2, 0.25) is 0 Å². The van der Waals surface area contributed by atoms with Gasteiger partial charge in [0, 0.05) is 6.07 Å². The summed E-state index contributed by atoms with van der Waals surface area (Å²) in [5.74, 6) is 1.06. The quantitative estimate of drug-likeness (QED) is 0.520. The van der Waals surface area contributed by atoms with Crippen molar-refractivity contribution in [1.82, 2.24) is 4.98 Å². The van der Waals surface area contributed by atoms with Crippen molar-refractivity contribution in [1.29, 1.82) is 0 Å². The minimum Gasteiger partial charge on any atom is -0.270 e. The van der Waals surface area contributed by atoms with Gasteiger partial charge in [0.2, 0.25) is 5.65 Å². The third kappa shape index (κ3) is 2.62. The molecule has 0 amide bonds. The Morgan fingerprint density at radius 2 is 1.74 bits per heavy atom. The zero-order valence-corrected chi connectivity index (χ0v) is 13.9. The van der Waals surface area contributed by atoms with Gasteiger partial charge in [-0.15, -0.1) is 11.3 Å². The highest BCUT2D eigenvalue weighted by atomic mass is 32.1. The van der Waals surface area contributed by atoms with Crippen molar-refractivity contribution in [3.63, 3.8) is 0 Å². The highest BCUT2D eigenvalue weighted by Gasteiger charge is 2.21. The fourth-order valence-corrected chi connectivity index (χ4v) is 3.42. The lowest BCUT2D eigenvalue weighted by molar-refractivity contribution is -0.494. The van der Waals surface area contributed by atoms with Crippen LogP contribution < -0.4 is 9.72 Å². The number of aryl methyl sites for hydroxylation is 2.